The minimum Gasteiger partial charge on any atom is -0.373 e. The summed E-state index contributed by atoms with van der Waals surface area (Å²) in [7, 11) is 0. The highest BCUT2D eigenvalue weighted by Crippen LogP contribution is 2.20. The molecular weight excluding hydrogens is 264 g/mol. The maximum absolute atomic E-state index is 12.0. The van der Waals surface area contributed by atoms with Crippen molar-refractivity contribution in [3.63, 3.8) is 0 Å². The molecule has 1 aliphatic heterocycles. The SMILES string of the molecule is C[C@H]1CN(CC(=O)Nc2ccccc2Cl)C[C@H](C)O1. The van der Waals surface area contributed by atoms with Crippen molar-refractivity contribution in [1.82, 2.24) is 4.90 Å². The maximum Gasteiger partial charge on any atom is 0.238 e. The third-order valence-electron chi connectivity index (χ3n) is 3.01. The fourth-order valence-corrected chi connectivity index (χ4v) is 2.55. The molecular formula is C14H19ClN2O2. The molecule has 0 saturated carbocycles. The largest absolute Gasteiger partial charge is 0.373 e. The zero-order valence-corrected chi connectivity index (χ0v) is 12.0. The monoisotopic (exact) mass is 282 g/mol. The molecule has 2 atom stereocenters. The lowest BCUT2D eigenvalue weighted by atomic mass is 10.2. The van der Waals surface area contributed by atoms with Crippen LogP contribution in [0.5, 0.6) is 0 Å². The Kier molecular flexibility index (Phi) is 4.80. The Hall–Kier alpha value is -1.10. The number of carbonyl (C=O) groups excluding carboxylic acids is 1. The first-order chi connectivity index (χ1) is 9.04. The van der Waals surface area contributed by atoms with E-state index in [1.807, 2.05) is 26.0 Å². The van der Waals surface area contributed by atoms with Gasteiger partial charge >= 0.3 is 0 Å². The molecule has 1 heterocycles. The fourth-order valence-electron chi connectivity index (χ4n) is 2.37. The zero-order valence-electron chi connectivity index (χ0n) is 11.2. The normalized spacial score (nSPS) is 24.2. The van der Waals surface area contributed by atoms with Crippen LogP contribution < -0.4 is 5.32 Å². The number of nitrogens with one attached hydrogen (secondary N) is 1. The molecule has 4 nitrogen and oxygen atoms in total. The number of nitrogens with zero attached hydrogens (tertiary/aromatic N) is 1. The van der Waals surface area contributed by atoms with Gasteiger partial charge in [-0.3, -0.25) is 9.69 Å². The van der Waals surface area contributed by atoms with Crippen LogP contribution in [0.2, 0.25) is 5.02 Å². The number of hydrogen-bond acceptors (Lipinski definition) is 3. The standard InChI is InChI=1S/C14H19ClN2O2/c1-10-7-17(8-11(2)19-10)9-14(18)16-13-6-4-3-5-12(13)15/h3-6,10-11H,7-9H2,1-2H3,(H,16,18)/t10-,11-/m0/s1. The molecule has 1 fully saturated rings. The number of anilines is 1. The molecule has 0 radical (unpaired) electrons. The Balaban J connectivity index is 1.89. The van der Waals surface area contributed by atoms with Gasteiger partial charge < -0.3 is 10.1 Å². The van der Waals surface area contributed by atoms with Crippen molar-refractivity contribution in [3.8, 4) is 0 Å². The summed E-state index contributed by atoms with van der Waals surface area (Å²) in [6.07, 6.45) is 0.328. The summed E-state index contributed by atoms with van der Waals surface area (Å²) in [6, 6.07) is 7.24. The first kappa shape index (κ1) is 14.3. The average Bonchev–Trinajstić information content (AvgIpc) is 2.30. The lowest BCUT2D eigenvalue weighted by Gasteiger charge is -2.34. The van der Waals surface area contributed by atoms with Gasteiger partial charge in [0, 0.05) is 13.1 Å². The summed E-state index contributed by atoms with van der Waals surface area (Å²) in [5, 5.41) is 3.39. The molecule has 1 aromatic carbocycles. The van der Waals surface area contributed by atoms with Gasteiger partial charge in [0.05, 0.1) is 29.5 Å². The second kappa shape index (κ2) is 6.37. The van der Waals surface area contributed by atoms with Gasteiger partial charge in [-0.15, -0.1) is 0 Å². The number of hydrogen-bond donors (Lipinski definition) is 1. The Bertz CT molecular complexity index is 443. The predicted octanol–water partition coefficient (Wildman–Crippen LogP) is 2.39. The fraction of sp³-hybridized carbons (Fsp3) is 0.500. The van der Waals surface area contributed by atoms with Crippen LogP contribution in [-0.4, -0.2) is 42.6 Å². The van der Waals surface area contributed by atoms with Crippen molar-refractivity contribution in [2.45, 2.75) is 26.1 Å². The summed E-state index contributed by atoms with van der Waals surface area (Å²) in [4.78, 5) is 14.1. The summed E-state index contributed by atoms with van der Waals surface area (Å²) in [5.41, 5.74) is 0.656. The molecule has 0 bridgehead atoms. The van der Waals surface area contributed by atoms with Gasteiger partial charge in [-0.05, 0) is 26.0 Å². The van der Waals surface area contributed by atoms with Crippen LogP contribution in [0.15, 0.2) is 24.3 Å². The number of ether oxygens (including phenoxy) is 1. The van der Waals surface area contributed by atoms with Crippen molar-refractivity contribution in [2.24, 2.45) is 0 Å². The van der Waals surface area contributed by atoms with E-state index in [4.69, 9.17) is 16.3 Å². The van der Waals surface area contributed by atoms with Gasteiger partial charge in [-0.25, -0.2) is 0 Å². The molecule has 0 aromatic heterocycles. The van der Waals surface area contributed by atoms with Gasteiger partial charge in [-0.2, -0.15) is 0 Å². The summed E-state index contributed by atoms with van der Waals surface area (Å²) in [6.45, 7) is 5.97. The molecule has 1 N–H and O–H groups in total. The van der Waals surface area contributed by atoms with E-state index < -0.39 is 0 Å². The molecule has 1 saturated heterocycles. The first-order valence-electron chi connectivity index (χ1n) is 6.47. The summed E-state index contributed by atoms with van der Waals surface area (Å²) >= 11 is 6.01. The van der Waals surface area contributed by atoms with Gasteiger partial charge in [0.1, 0.15) is 0 Å². The summed E-state index contributed by atoms with van der Waals surface area (Å²) < 4.78 is 5.64. The number of morpholine rings is 1. The third-order valence-corrected chi connectivity index (χ3v) is 3.34. The molecule has 5 heteroatoms. The quantitative estimate of drug-likeness (QED) is 0.925. The molecule has 0 aliphatic carbocycles. The van der Waals surface area contributed by atoms with E-state index in [9.17, 15) is 4.79 Å². The minimum atomic E-state index is -0.0469. The second-order valence-corrected chi connectivity index (χ2v) is 5.39. The molecule has 2 rings (SSSR count). The van der Waals surface area contributed by atoms with Crippen molar-refractivity contribution < 1.29 is 9.53 Å². The Labute approximate surface area is 118 Å². The Morgan fingerprint density at radius 1 is 1.37 bits per heavy atom. The maximum atomic E-state index is 12.0. The van der Waals surface area contributed by atoms with E-state index >= 15 is 0 Å². The van der Waals surface area contributed by atoms with E-state index in [2.05, 4.69) is 10.2 Å². The zero-order chi connectivity index (χ0) is 13.8. The lowest BCUT2D eigenvalue weighted by Crippen LogP contribution is -2.48. The average molecular weight is 283 g/mol. The van der Waals surface area contributed by atoms with Crippen LogP contribution in [-0.2, 0) is 9.53 Å². The van der Waals surface area contributed by atoms with Crippen LogP contribution in [0.3, 0.4) is 0 Å². The van der Waals surface area contributed by atoms with Crippen LogP contribution in [0, 0.1) is 0 Å². The molecule has 104 valence electrons. The van der Waals surface area contributed by atoms with E-state index in [0.29, 0.717) is 17.3 Å². The van der Waals surface area contributed by atoms with Crippen LogP contribution in [0.1, 0.15) is 13.8 Å². The van der Waals surface area contributed by atoms with Crippen molar-refractivity contribution in [2.75, 3.05) is 25.0 Å². The highest BCUT2D eigenvalue weighted by Gasteiger charge is 2.23. The first-order valence-corrected chi connectivity index (χ1v) is 6.84. The van der Waals surface area contributed by atoms with Crippen molar-refractivity contribution in [1.29, 1.82) is 0 Å². The molecule has 1 amide bonds. The lowest BCUT2D eigenvalue weighted by molar-refractivity contribution is -0.121. The van der Waals surface area contributed by atoms with Crippen LogP contribution >= 0.6 is 11.6 Å². The van der Waals surface area contributed by atoms with E-state index in [-0.39, 0.29) is 18.1 Å². The van der Waals surface area contributed by atoms with Gasteiger partial charge in [0.15, 0.2) is 0 Å². The number of benzene rings is 1. The second-order valence-electron chi connectivity index (χ2n) is 4.98. The van der Waals surface area contributed by atoms with Gasteiger partial charge in [-0.1, -0.05) is 23.7 Å². The minimum absolute atomic E-state index is 0.0469. The highest BCUT2D eigenvalue weighted by atomic mass is 35.5. The number of carbonyl (C=O) groups is 1. The van der Waals surface area contributed by atoms with Crippen LogP contribution in [0.25, 0.3) is 0 Å². The van der Waals surface area contributed by atoms with E-state index in [0.717, 1.165) is 13.1 Å². The number of halogens is 1. The number of para-hydroxylation sites is 1. The Morgan fingerprint density at radius 3 is 2.63 bits per heavy atom. The number of amides is 1. The Morgan fingerprint density at radius 2 is 2.00 bits per heavy atom. The van der Waals surface area contributed by atoms with Gasteiger partial charge in [0.25, 0.3) is 0 Å². The predicted molar refractivity (Wildman–Crippen MR) is 76.5 cm³/mol. The van der Waals surface area contributed by atoms with Crippen LogP contribution in [0.4, 0.5) is 5.69 Å². The van der Waals surface area contributed by atoms with E-state index in [1.54, 1.807) is 12.1 Å². The third kappa shape index (κ3) is 4.20. The molecule has 0 unspecified atom stereocenters. The molecule has 19 heavy (non-hydrogen) atoms. The van der Waals surface area contributed by atoms with Gasteiger partial charge in [0.2, 0.25) is 5.91 Å². The molecule has 0 spiro atoms. The summed E-state index contributed by atoms with van der Waals surface area (Å²) in [5.74, 6) is -0.0469. The van der Waals surface area contributed by atoms with E-state index in [1.165, 1.54) is 0 Å². The number of rotatable bonds is 3. The topological polar surface area (TPSA) is 41.6 Å². The smallest absolute Gasteiger partial charge is 0.238 e. The molecule has 1 aliphatic rings. The van der Waals surface area contributed by atoms with Crippen molar-refractivity contribution >= 4 is 23.2 Å². The molecule has 1 aromatic rings. The van der Waals surface area contributed by atoms with Crippen molar-refractivity contribution in [3.05, 3.63) is 29.3 Å². The highest BCUT2D eigenvalue weighted by molar-refractivity contribution is 6.33.